The van der Waals surface area contributed by atoms with E-state index in [1.54, 1.807) is 24.4 Å². The van der Waals surface area contributed by atoms with Gasteiger partial charge < -0.3 is 20.1 Å². The van der Waals surface area contributed by atoms with E-state index < -0.39 is 0 Å². The fourth-order valence-electron chi connectivity index (χ4n) is 2.59. The van der Waals surface area contributed by atoms with E-state index in [4.69, 9.17) is 21.7 Å². The van der Waals surface area contributed by atoms with Crippen molar-refractivity contribution in [1.29, 1.82) is 0 Å². The Balaban J connectivity index is 1.52. The van der Waals surface area contributed by atoms with Crippen LogP contribution in [-0.4, -0.2) is 31.0 Å². The lowest BCUT2D eigenvalue weighted by molar-refractivity contribution is -0.118. The van der Waals surface area contributed by atoms with Gasteiger partial charge in [0, 0.05) is 11.4 Å². The Kier molecular flexibility index (Phi) is 7.96. The van der Waals surface area contributed by atoms with Crippen LogP contribution in [0.3, 0.4) is 0 Å². The van der Waals surface area contributed by atoms with Crippen molar-refractivity contribution in [2.24, 2.45) is 5.10 Å². The predicted octanol–water partition coefficient (Wildman–Crippen LogP) is 4.03. The fourth-order valence-corrected chi connectivity index (χ4v) is 2.76. The van der Waals surface area contributed by atoms with Gasteiger partial charge in [-0.3, -0.25) is 10.2 Å². The SMILES string of the molecule is COc1cc(/C=N/NC(=S)Nc2ccccc2)ccc1OCC(=O)Nc1ccccc1. The lowest BCUT2D eigenvalue weighted by Crippen LogP contribution is -2.23. The summed E-state index contributed by atoms with van der Waals surface area (Å²) in [6.45, 7) is -0.139. The van der Waals surface area contributed by atoms with E-state index in [1.165, 1.54) is 7.11 Å². The van der Waals surface area contributed by atoms with E-state index in [2.05, 4.69) is 21.2 Å². The third-order valence-corrected chi connectivity index (χ3v) is 4.21. The minimum absolute atomic E-state index is 0.139. The monoisotopic (exact) mass is 434 g/mol. The minimum atomic E-state index is -0.262. The van der Waals surface area contributed by atoms with Crippen molar-refractivity contribution >= 4 is 40.8 Å². The third kappa shape index (κ3) is 7.13. The molecule has 0 aliphatic carbocycles. The van der Waals surface area contributed by atoms with Crippen molar-refractivity contribution < 1.29 is 14.3 Å². The number of benzene rings is 3. The van der Waals surface area contributed by atoms with Gasteiger partial charge in [0.1, 0.15) is 0 Å². The molecule has 3 N–H and O–H groups in total. The Morgan fingerprint density at radius 2 is 1.58 bits per heavy atom. The number of hydrogen-bond acceptors (Lipinski definition) is 5. The van der Waals surface area contributed by atoms with Crippen LogP contribution in [0.15, 0.2) is 84.0 Å². The van der Waals surface area contributed by atoms with Crippen molar-refractivity contribution in [3.63, 3.8) is 0 Å². The third-order valence-electron chi connectivity index (χ3n) is 4.02. The molecule has 0 atom stereocenters. The van der Waals surface area contributed by atoms with E-state index in [-0.39, 0.29) is 12.5 Å². The second-order valence-electron chi connectivity index (χ2n) is 6.30. The van der Waals surface area contributed by atoms with Gasteiger partial charge in [-0.1, -0.05) is 36.4 Å². The molecule has 0 fully saturated rings. The molecule has 0 radical (unpaired) electrons. The average molecular weight is 435 g/mol. The first kappa shape index (κ1) is 21.8. The number of ether oxygens (including phenoxy) is 2. The lowest BCUT2D eigenvalue weighted by atomic mass is 10.2. The first-order valence-electron chi connectivity index (χ1n) is 9.45. The Morgan fingerprint density at radius 3 is 2.23 bits per heavy atom. The van der Waals surface area contributed by atoms with Gasteiger partial charge in [0.05, 0.1) is 13.3 Å². The van der Waals surface area contributed by atoms with Gasteiger partial charge in [0.25, 0.3) is 5.91 Å². The van der Waals surface area contributed by atoms with E-state index in [0.29, 0.717) is 22.3 Å². The highest BCUT2D eigenvalue weighted by Gasteiger charge is 2.09. The smallest absolute Gasteiger partial charge is 0.262 e. The van der Waals surface area contributed by atoms with Crippen molar-refractivity contribution in [3.05, 3.63) is 84.4 Å². The topological polar surface area (TPSA) is 84.0 Å². The van der Waals surface area contributed by atoms with Crippen LogP contribution in [0.25, 0.3) is 0 Å². The van der Waals surface area contributed by atoms with Gasteiger partial charge >= 0.3 is 0 Å². The van der Waals surface area contributed by atoms with Crippen molar-refractivity contribution in [2.45, 2.75) is 0 Å². The van der Waals surface area contributed by atoms with E-state index in [9.17, 15) is 4.79 Å². The van der Waals surface area contributed by atoms with Crippen LogP contribution in [0, 0.1) is 0 Å². The second kappa shape index (κ2) is 11.3. The number of para-hydroxylation sites is 2. The summed E-state index contributed by atoms with van der Waals surface area (Å²) in [6.07, 6.45) is 1.60. The zero-order chi connectivity index (χ0) is 21.9. The summed E-state index contributed by atoms with van der Waals surface area (Å²) >= 11 is 5.21. The van der Waals surface area contributed by atoms with E-state index in [1.807, 2.05) is 60.7 Å². The highest BCUT2D eigenvalue weighted by molar-refractivity contribution is 7.80. The molecule has 0 aliphatic heterocycles. The quantitative estimate of drug-likeness (QED) is 0.282. The number of carbonyl (C=O) groups is 1. The summed E-state index contributed by atoms with van der Waals surface area (Å²) in [4.78, 5) is 12.1. The van der Waals surface area contributed by atoms with Crippen LogP contribution in [0.4, 0.5) is 11.4 Å². The molecule has 0 bridgehead atoms. The molecule has 0 aromatic heterocycles. The Labute approximate surface area is 186 Å². The highest BCUT2D eigenvalue weighted by Crippen LogP contribution is 2.27. The molecule has 1 amide bonds. The summed E-state index contributed by atoms with van der Waals surface area (Å²) in [7, 11) is 1.53. The average Bonchev–Trinajstić information content (AvgIpc) is 2.79. The van der Waals surface area contributed by atoms with Gasteiger partial charge in [0.2, 0.25) is 0 Å². The largest absolute Gasteiger partial charge is 0.493 e. The fraction of sp³-hybridized carbons (Fsp3) is 0.0870. The maximum Gasteiger partial charge on any atom is 0.262 e. The molecule has 0 aliphatic rings. The molecule has 0 spiro atoms. The Hall–Kier alpha value is -3.91. The first-order valence-corrected chi connectivity index (χ1v) is 9.86. The summed E-state index contributed by atoms with van der Waals surface area (Å²) in [5, 5.41) is 10.3. The molecule has 3 rings (SSSR count). The van der Waals surface area contributed by atoms with E-state index >= 15 is 0 Å². The summed E-state index contributed by atoms with van der Waals surface area (Å²) < 4.78 is 11.0. The van der Waals surface area contributed by atoms with Gasteiger partial charge in [-0.25, -0.2) is 0 Å². The molecule has 3 aromatic carbocycles. The second-order valence-corrected chi connectivity index (χ2v) is 6.71. The number of rotatable bonds is 8. The van der Waals surface area contributed by atoms with Crippen LogP contribution in [0.1, 0.15) is 5.56 Å². The van der Waals surface area contributed by atoms with Crippen molar-refractivity contribution in [1.82, 2.24) is 5.43 Å². The molecule has 0 heterocycles. The number of methoxy groups -OCH3 is 1. The zero-order valence-electron chi connectivity index (χ0n) is 16.9. The number of anilines is 2. The van der Waals surface area contributed by atoms with Crippen LogP contribution in [0.2, 0.25) is 0 Å². The van der Waals surface area contributed by atoms with Crippen LogP contribution >= 0.6 is 12.2 Å². The van der Waals surface area contributed by atoms with Gasteiger partial charge in [-0.15, -0.1) is 0 Å². The molecule has 7 nitrogen and oxygen atoms in total. The van der Waals surface area contributed by atoms with Crippen molar-refractivity contribution in [2.75, 3.05) is 24.4 Å². The minimum Gasteiger partial charge on any atom is -0.493 e. The van der Waals surface area contributed by atoms with Crippen LogP contribution < -0.4 is 25.5 Å². The number of nitrogens with zero attached hydrogens (tertiary/aromatic N) is 1. The summed E-state index contributed by atoms with van der Waals surface area (Å²) in [5.74, 6) is 0.682. The zero-order valence-corrected chi connectivity index (χ0v) is 17.7. The molecule has 0 unspecified atom stereocenters. The number of amides is 1. The number of nitrogens with one attached hydrogen (secondary N) is 3. The molecule has 3 aromatic rings. The molecule has 0 saturated carbocycles. The van der Waals surface area contributed by atoms with Crippen LogP contribution in [0.5, 0.6) is 11.5 Å². The maximum absolute atomic E-state index is 12.1. The molecule has 158 valence electrons. The molecule has 8 heteroatoms. The Morgan fingerprint density at radius 1 is 0.935 bits per heavy atom. The van der Waals surface area contributed by atoms with Crippen molar-refractivity contribution in [3.8, 4) is 11.5 Å². The van der Waals surface area contributed by atoms with E-state index in [0.717, 1.165) is 11.3 Å². The number of thiocarbonyl (C=S) groups is 1. The summed E-state index contributed by atoms with van der Waals surface area (Å²) in [6, 6.07) is 24.0. The van der Waals surface area contributed by atoms with Crippen LogP contribution in [-0.2, 0) is 4.79 Å². The molecular formula is C23H22N4O3S. The number of carbonyl (C=O) groups excluding carboxylic acids is 1. The Bertz CT molecular complexity index is 1040. The molecule has 31 heavy (non-hydrogen) atoms. The first-order chi connectivity index (χ1) is 15.1. The summed E-state index contributed by atoms with van der Waals surface area (Å²) in [5.41, 5.74) is 5.11. The lowest BCUT2D eigenvalue weighted by Gasteiger charge is -2.11. The maximum atomic E-state index is 12.1. The van der Waals surface area contributed by atoms with Gasteiger partial charge in [-0.2, -0.15) is 5.10 Å². The molecule has 0 saturated heterocycles. The molecular weight excluding hydrogens is 412 g/mol. The predicted molar refractivity (Wildman–Crippen MR) is 127 cm³/mol. The van der Waals surface area contributed by atoms with Gasteiger partial charge in [0.15, 0.2) is 23.2 Å². The standard InChI is InChI=1S/C23H22N4O3S/c1-29-21-14-17(15-24-27-23(31)26-19-10-6-3-7-11-19)12-13-20(21)30-16-22(28)25-18-8-4-2-5-9-18/h2-15H,16H2,1H3,(H,25,28)(H2,26,27,31)/b24-15+. The number of hydrogen-bond donors (Lipinski definition) is 3. The van der Waals surface area contributed by atoms with Gasteiger partial charge in [-0.05, 0) is 60.2 Å². The normalized spacial score (nSPS) is 10.4. The highest BCUT2D eigenvalue weighted by atomic mass is 32.1. The number of hydrazone groups is 1.